The van der Waals surface area contributed by atoms with E-state index in [1.54, 1.807) is 29.2 Å². The smallest absolute Gasteiger partial charge is 0.410 e. The van der Waals surface area contributed by atoms with Crippen molar-refractivity contribution in [3.05, 3.63) is 83.1 Å². The standard InChI is InChI=1S/C14H16BrNO2.C6H5F/c1-3-4-13-9-16(14(17)18-13)10(2)11-5-7-12(15)8-6-11;7-6-4-2-1-3-5-6/h3,5-8,10,13H,1,4,9H2,2H3;1-5H. The highest BCUT2D eigenvalue weighted by atomic mass is 79.9. The molecule has 1 aliphatic rings. The maximum Gasteiger partial charge on any atom is 0.410 e. The van der Waals surface area contributed by atoms with E-state index in [1.807, 2.05) is 31.2 Å². The molecule has 2 aromatic rings. The lowest BCUT2D eigenvalue weighted by Crippen LogP contribution is -2.28. The summed E-state index contributed by atoms with van der Waals surface area (Å²) in [5.74, 6) is -0.178. The van der Waals surface area contributed by atoms with Crippen LogP contribution in [0.2, 0.25) is 0 Å². The Hall–Kier alpha value is -2.14. The van der Waals surface area contributed by atoms with Gasteiger partial charge in [-0.25, -0.2) is 9.18 Å². The van der Waals surface area contributed by atoms with E-state index in [2.05, 4.69) is 22.5 Å². The number of nitrogens with zero attached hydrogens (tertiary/aromatic N) is 1. The van der Waals surface area contributed by atoms with Gasteiger partial charge in [0.25, 0.3) is 0 Å². The normalized spacial score (nSPS) is 17.3. The molecule has 1 heterocycles. The maximum atomic E-state index is 11.9. The van der Waals surface area contributed by atoms with Crippen molar-refractivity contribution in [2.45, 2.75) is 25.5 Å². The summed E-state index contributed by atoms with van der Waals surface area (Å²) < 4.78 is 18.2. The fraction of sp³-hybridized carbons (Fsp3) is 0.250. The van der Waals surface area contributed by atoms with Gasteiger partial charge in [-0.05, 0) is 36.8 Å². The van der Waals surface area contributed by atoms with Crippen molar-refractivity contribution in [1.29, 1.82) is 0 Å². The lowest BCUT2D eigenvalue weighted by Gasteiger charge is -2.22. The first-order valence-corrected chi connectivity index (χ1v) is 8.84. The average Bonchev–Trinajstić information content (AvgIpc) is 2.97. The molecule has 0 bridgehead atoms. The van der Waals surface area contributed by atoms with E-state index >= 15 is 0 Å². The SMILES string of the molecule is C=CCC1CN(C(C)c2ccc(Br)cc2)C(=O)O1.Fc1ccccc1. The molecular weight excluding hydrogens is 385 g/mol. The first-order valence-electron chi connectivity index (χ1n) is 8.05. The summed E-state index contributed by atoms with van der Waals surface area (Å²) in [6, 6.07) is 16.0. The van der Waals surface area contributed by atoms with Gasteiger partial charge >= 0.3 is 6.09 Å². The molecule has 1 aliphatic heterocycles. The molecule has 1 fully saturated rings. The van der Waals surface area contributed by atoms with Gasteiger partial charge in [0, 0.05) is 10.9 Å². The summed E-state index contributed by atoms with van der Waals surface area (Å²) in [5, 5.41) is 0. The Morgan fingerprint density at radius 1 is 1.28 bits per heavy atom. The van der Waals surface area contributed by atoms with Crippen LogP contribution in [0.15, 0.2) is 71.7 Å². The van der Waals surface area contributed by atoms with Crippen LogP contribution in [0, 0.1) is 5.82 Å². The van der Waals surface area contributed by atoms with Gasteiger partial charge in [0.15, 0.2) is 0 Å². The van der Waals surface area contributed by atoms with Crippen LogP contribution in [0.1, 0.15) is 24.9 Å². The Kier molecular flexibility index (Phi) is 7.19. The molecule has 2 aromatic carbocycles. The van der Waals surface area contributed by atoms with Gasteiger partial charge in [-0.3, -0.25) is 4.90 Å². The van der Waals surface area contributed by atoms with E-state index in [-0.39, 0.29) is 24.1 Å². The van der Waals surface area contributed by atoms with Crippen LogP contribution < -0.4 is 0 Å². The molecule has 2 atom stereocenters. The van der Waals surface area contributed by atoms with Crippen molar-refractivity contribution in [1.82, 2.24) is 4.90 Å². The Labute approximate surface area is 156 Å². The average molecular weight is 406 g/mol. The van der Waals surface area contributed by atoms with Crippen molar-refractivity contribution in [2.24, 2.45) is 0 Å². The van der Waals surface area contributed by atoms with Gasteiger partial charge in [-0.2, -0.15) is 0 Å². The minimum absolute atomic E-state index is 0.0282. The first kappa shape index (κ1) is 19.2. The number of carbonyl (C=O) groups is 1. The quantitative estimate of drug-likeness (QED) is 0.607. The first-order chi connectivity index (χ1) is 12.0. The number of hydrogen-bond acceptors (Lipinski definition) is 2. The molecule has 0 N–H and O–H groups in total. The molecule has 0 spiro atoms. The molecule has 1 amide bonds. The largest absolute Gasteiger partial charge is 0.444 e. The van der Waals surface area contributed by atoms with E-state index < -0.39 is 0 Å². The van der Waals surface area contributed by atoms with Gasteiger partial charge < -0.3 is 4.74 Å². The van der Waals surface area contributed by atoms with Crippen LogP contribution in [-0.4, -0.2) is 23.6 Å². The van der Waals surface area contributed by atoms with Crippen LogP contribution >= 0.6 is 15.9 Å². The second kappa shape index (κ2) is 9.37. The Morgan fingerprint density at radius 2 is 1.92 bits per heavy atom. The fourth-order valence-corrected chi connectivity index (χ4v) is 2.77. The van der Waals surface area contributed by atoms with E-state index in [4.69, 9.17) is 4.74 Å². The van der Waals surface area contributed by atoms with E-state index in [9.17, 15) is 9.18 Å². The van der Waals surface area contributed by atoms with E-state index in [1.165, 1.54) is 12.1 Å². The van der Waals surface area contributed by atoms with Crippen LogP contribution in [-0.2, 0) is 4.74 Å². The molecule has 0 aromatic heterocycles. The molecule has 5 heteroatoms. The highest BCUT2D eigenvalue weighted by Crippen LogP contribution is 2.27. The number of rotatable bonds is 4. The topological polar surface area (TPSA) is 29.5 Å². The van der Waals surface area contributed by atoms with Gasteiger partial charge in [0.2, 0.25) is 0 Å². The lowest BCUT2D eigenvalue weighted by molar-refractivity contribution is 0.129. The number of hydrogen-bond donors (Lipinski definition) is 0. The van der Waals surface area contributed by atoms with Gasteiger partial charge in [0.1, 0.15) is 11.9 Å². The van der Waals surface area contributed by atoms with Crippen LogP contribution in [0.5, 0.6) is 0 Å². The van der Waals surface area contributed by atoms with Gasteiger partial charge in [-0.15, -0.1) is 6.58 Å². The minimum Gasteiger partial charge on any atom is -0.444 e. The summed E-state index contributed by atoms with van der Waals surface area (Å²) in [7, 11) is 0. The van der Waals surface area contributed by atoms with Gasteiger partial charge in [0.05, 0.1) is 12.6 Å². The predicted molar refractivity (Wildman–Crippen MR) is 101 cm³/mol. The second-order valence-electron chi connectivity index (χ2n) is 5.71. The monoisotopic (exact) mass is 405 g/mol. The van der Waals surface area contributed by atoms with E-state index in [0.717, 1.165) is 10.0 Å². The highest BCUT2D eigenvalue weighted by Gasteiger charge is 2.34. The molecular formula is C20H21BrFNO2. The predicted octanol–water partition coefficient (Wildman–Crippen LogP) is 5.73. The zero-order chi connectivity index (χ0) is 18.2. The summed E-state index contributed by atoms with van der Waals surface area (Å²) in [6.07, 6.45) is 2.19. The highest BCUT2D eigenvalue weighted by molar-refractivity contribution is 9.10. The summed E-state index contributed by atoms with van der Waals surface area (Å²) in [4.78, 5) is 13.6. The number of cyclic esters (lactones) is 1. The Balaban J connectivity index is 0.000000269. The van der Waals surface area contributed by atoms with Crippen LogP contribution in [0.4, 0.5) is 9.18 Å². The number of carbonyl (C=O) groups excluding carboxylic acids is 1. The lowest BCUT2D eigenvalue weighted by atomic mass is 10.1. The Bertz CT molecular complexity index is 691. The fourth-order valence-electron chi connectivity index (χ4n) is 2.50. The van der Waals surface area contributed by atoms with E-state index in [0.29, 0.717) is 13.0 Å². The second-order valence-corrected chi connectivity index (χ2v) is 6.62. The van der Waals surface area contributed by atoms with Crippen molar-refractivity contribution in [2.75, 3.05) is 6.54 Å². The zero-order valence-electron chi connectivity index (χ0n) is 14.1. The van der Waals surface area contributed by atoms with Crippen molar-refractivity contribution in [3.63, 3.8) is 0 Å². The molecule has 3 rings (SSSR count). The number of amides is 1. The maximum absolute atomic E-state index is 11.9. The number of halogens is 2. The van der Waals surface area contributed by atoms with Gasteiger partial charge in [-0.1, -0.05) is 52.3 Å². The minimum atomic E-state index is -0.239. The molecule has 2 unspecified atom stereocenters. The number of benzene rings is 2. The summed E-state index contributed by atoms with van der Waals surface area (Å²) >= 11 is 3.40. The van der Waals surface area contributed by atoms with Crippen molar-refractivity contribution < 1.29 is 13.9 Å². The molecule has 132 valence electrons. The van der Waals surface area contributed by atoms with Crippen molar-refractivity contribution >= 4 is 22.0 Å². The third kappa shape index (κ3) is 5.71. The van der Waals surface area contributed by atoms with Crippen molar-refractivity contribution in [3.8, 4) is 0 Å². The molecule has 0 aliphatic carbocycles. The Morgan fingerprint density at radius 3 is 2.44 bits per heavy atom. The third-order valence-corrected chi connectivity index (χ3v) is 4.41. The number of ether oxygens (including phenoxy) is 1. The third-order valence-electron chi connectivity index (χ3n) is 3.88. The zero-order valence-corrected chi connectivity index (χ0v) is 15.7. The molecule has 25 heavy (non-hydrogen) atoms. The van der Waals surface area contributed by atoms with Crippen LogP contribution in [0.25, 0.3) is 0 Å². The molecule has 0 saturated carbocycles. The summed E-state index contributed by atoms with van der Waals surface area (Å²) in [6.45, 7) is 6.31. The van der Waals surface area contributed by atoms with Crippen LogP contribution in [0.3, 0.4) is 0 Å². The molecule has 3 nitrogen and oxygen atoms in total. The molecule has 0 radical (unpaired) electrons. The molecule has 1 saturated heterocycles. The summed E-state index contributed by atoms with van der Waals surface area (Å²) in [5.41, 5.74) is 1.11.